The maximum absolute atomic E-state index is 8.51. The van der Waals surface area contributed by atoms with Gasteiger partial charge < -0.3 is 0 Å². The van der Waals surface area contributed by atoms with Gasteiger partial charge in [0.15, 0.2) is 0 Å². The second-order valence-electron chi connectivity index (χ2n) is 2.27. The molecule has 0 fully saturated rings. The molecule has 0 heterocycles. The first-order valence-electron chi connectivity index (χ1n) is 3.10. The van der Waals surface area contributed by atoms with Crippen molar-refractivity contribution >= 4 is 7.74 Å². The topological polar surface area (TPSA) is 90.2 Å². The summed E-state index contributed by atoms with van der Waals surface area (Å²) in [6, 6.07) is 7.50. The molecule has 4 N–H and O–H groups in total. The summed E-state index contributed by atoms with van der Waals surface area (Å²) in [7, 11) is -5.85. The normalized spacial score (nSPS) is 14.8. The summed E-state index contributed by atoms with van der Waals surface area (Å²) in [6.07, 6.45) is 0. The van der Waals surface area contributed by atoms with E-state index in [1.807, 2.05) is 0 Å². The summed E-state index contributed by atoms with van der Waals surface area (Å²) >= 11 is 0. The molecular formula is C6H9O5P. The molecule has 0 atom stereocenters. The summed E-state index contributed by atoms with van der Waals surface area (Å²) in [6.45, 7) is 0. The van der Waals surface area contributed by atoms with Crippen LogP contribution < -0.4 is 4.52 Å². The number of rotatable bonds is 2. The predicted octanol–water partition coefficient (Wildman–Crippen LogP) is 0.163. The minimum absolute atomic E-state index is 0.0230. The van der Waals surface area contributed by atoms with Gasteiger partial charge in [-0.05, 0) is 0 Å². The second-order valence-corrected chi connectivity index (χ2v) is 4.18. The molecule has 1 rings (SSSR count). The van der Waals surface area contributed by atoms with E-state index in [9.17, 15) is 0 Å². The molecule has 0 saturated heterocycles. The van der Waals surface area contributed by atoms with Crippen LogP contribution in [0, 0.1) is 0 Å². The van der Waals surface area contributed by atoms with Crippen molar-refractivity contribution in [3.8, 4) is 5.75 Å². The van der Waals surface area contributed by atoms with Crippen LogP contribution in [0.1, 0.15) is 0 Å². The second kappa shape index (κ2) is 2.65. The van der Waals surface area contributed by atoms with E-state index in [2.05, 4.69) is 4.52 Å². The first kappa shape index (κ1) is 9.38. The Morgan fingerprint density at radius 3 is 1.83 bits per heavy atom. The van der Waals surface area contributed by atoms with Crippen molar-refractivity contribution in [2.24, 2.45) is 0 Å². The Balaban J connectivity index is 2.79. The fraction of sp³-hybridized carbons (Fsp3) is 0. The summed E-state index contributed by atoms with van der Waals surface area (Å²) in [5.74, 6) is -0.0230. The van der Waals surface area contributed by atoms with Gasteiger partial charge in [-0.1, -0.05) is 0 Å². The van der Waals surface area contributed by atoms with Crippen molar-refractivity contribution in [2.45, 2.75) is 0 Å². The molecule has 0 aromatic heterocycles. The summed E-state index contributed by atoms with van der Waals surface area (Å²) in [5.41, 5.74) is 0. The van der Waals surface area contributed by atoms with E-state index in [0.717, 1.165) is 0 Å². The van der Waals surface area contributed by atoms with Gasteiger partial charge in [0, 0.05) is 0 Å². The fourth-order valence-electron chi connectivity index (χ4n) is 0.670. The molecule has 1 aromatic carbocycles. The number of benzene rings is 1. The summed E-state index contributed by atoms with van der Waals surface area (Å²) in [5, 5.41) is 0. The van der Waals surface area contributed by atoms with Gasteiger partial charge >= 0.3 is 67.9 Å². The van der Waals surface area contributed by atoms with Gasteiger partial charge in [-0.2, -0.15) is 0 Å². The van der Waals surface area contributed by atoms with E-state index in [1.165, 1.54) is 12.1 Å². The average molecular weight is 192 g/mol. The van der Waals surface area contributed by atoms with E-state index >= 15 is 0 Å². The molecule has 0 unspecified atom stereocenters. The summed E-state index contributed by atoms with van der Waals surface area (Å²) in [4.78, 5) is 34.0. The van der Waals surface area contributed by atoms with Crippen LogP contribution in [0.5, 0.6) is 5.75 Å². The minimum atomic E-state index is -5.85. The quantitative estimate of drug-likeness (QED) is 0.501. The molecule has 0 spiro atoms. The van der Waals surface area contributed by atoms with E-state index in [0.29, 0.717) is 0 Å². The van der Waals surface area contributed by atoms with E-state index in [-0.39, 0.29) is 5.75 Å². The van der Waals surface area contributed by atoms with Gasteiger partial charge in [0.2, 0.25) is 0 Å². The third-order valence-electron chi connectivity index (χ3n) is 1.01. The Labute approximate surface area is 68.8 Å². The van der Waals surface area contributed by atoms with Crippen LogP contribution in [-0.4, -0.2) is 19.6 Å². The molecule has 0 aliphatic carbocycles. The van der Waals surface area contributed by atoms with E-state index in [1.54, 1.807) is 18.2 Å². The zero-order chi connectivity index (χ0) is 9.27. The van der Waals surface area contributed by atoms with Crippen LogP contribution in [-0.2, 0) is 0 Å². The van der Waals surface area contributed by atoms with Crippen molar-refractivity contribution in [2.75, 3.05) is 0 Å². The Morgan fingerprint density at radius 1 is 0.917 bits per heavy atom. The molecule has 0 radical (unpaired) electrons. The van der Waals surface area contributed by atoms with E-state index < -0.39 is 7.74 Å². The molecule has 5 nitrogen and oxygen atoms in total. The van der Waals surface area contributed by atoms with Gasteiger partial charge in [0.1, 0.15) is 0 Å². The molecule has 6 heteroatoms. The van der Waals surface area contributed by atoms with Crippen LogP contribution in [0.15, 0.2) is 30.3 Å². The molecule has 0 bridgehead atoms. The van der Waals surface area contributed by atoms with Crippen LogP contribution >= 0.6 is 7.74 Å². The molecule has 0 amide bonds. The fourth-order valence-corrected chi connectivity index (χ4v) is 1.17. The van der Waals surface area contributed by atoms with Crippen LogP contribution in [0.2, 0.25) is 0 Å². The van der Waals surface area contributed by atoms with Gasteiger partial charge in [0.25, 0.3) is 0 Å². The average Bonchev–Trinajstić information content (AvgIpc) is 1.83. The van der Waals surface area contributed by atoms with Gasteiger partial charge in [-0.25, -0.2) is 0 Å². The van der Waals surface area contributed by atoms with Crippen LogP contribution in [0.3, 0.4) is 0 Å². The van der Waals surface area contributed by atoms with E-state index in [4.69, 9.17) is 19.6 Å². The van der Waals surface area contributed by atoms with Gasteiger partial charge in [-0.15, -0.1) is 0 Å². The Hall–Kier alpha value is -0.710. The monoisotopic (exact) mass is 192 g/mol. The Morgan fingerprint density at radius 2 is 1.42 bits per heavy atom. The third-order valence-corrected chi connectivity index (χ3v) is 1.55. The first-order chi connectivity index (χ1) is 5.33. The predicted molar refractivity (Wildman–Crippen MR) is 42.9 cm³/mol. The van der Waals surface area contributed by atoms with Crippen molar-refractivity contribution < 1.29 is 24.1 Å². The number of hydrogen-bond acceptors (Lipinski definition) is 5. The van der Waals surface area contributed by atoms with Crippen molar-refractivity contribution in [1.29, 1.82) is 0 Å². The molecule has 68 valence electrons. The van der Waals surface area contributed by atoms with Crippen molar-refractivity contribution in [3.05, 3.63) is 30.3 Å². The zero-order valence-corrected chi connectivity index (χ0v) is 6.93. The molecule has 0 aliphatic heterocycles. The Kier molecular flexibility index (Phi) is 2.07. The third kappa shape index (κ3) is 3.61. The number of hydrogen-bond donors (Lipinski definition) is 4. The standard InChI is InChI=1S/C6H9O5P/c7-12(8,9,10)11-6-4-2-1-3-5-6/h1-5,7-10H. The molecule has 12 heavy (non-hydrogen) atoms. The molecular weight excluding hydrogens is 183 g/mol. The number of para-hydroxylation sites is 1. The molecule has 0 aliphatic rings. The van der Waals surface area contributed by atoms with Crippen LogP contribution in [0.25, 0.3) is 0 Å². The first-order valence-corrected chi connectivity index (χ1v) is 5.06. The summed E-state index contributed by atoms with van der Waals surface area (Å²) < 4.78 is 4.14. The van der Waals surface area contributed by atoms with Crippen molar-refractivity contribution in [1.82, 2.24) is 0 Å². The van der Waals surface area contributed by atoms with Crippen LogP contribution in [0.4, 0.5) is 0 Å². The molecule has 0 saturated carbocycles. The maximum atomic E-state index is 8.51. The van der Waals surface area contributed by atoms with Gasteiger partial charge in [0.05, 0.1) is 0 Å². The zero-order valence-electron chi connectivity index (χ0n) is 6.03. The Bertz CT molecular complexity index is 255. The molecule has 1 aromatic rings. The van der Waals surface area contributed by atoms with Gasteiger partial charge in [-0.3, -0.25) is 0 Å². The van der Waals surface area contributed by atoms with Crippen molar-refractivity contribution in [3.63, 3.8) is 0 Å². The SMILES string of the molecule is OP(O)(O)(O)Oc1ccccc1.